The van der Waals surface area contributed by atoms with Gasteiger partial charge < -0.3 is 5.32 Å². The number of hydrogen-bond donors (Lipinski definition) is 1. The van der Waals surface area contributed by atoms with Crippen LogP contribution in [0, 0.1) is 0 Å². The molecule has 1 aromatic carbocycles. The second-order valence-corrected chi connectivity index (χ2v) is 4.66. The normalized spacial score (nSPS) is 11.2. The molecule has 20 heavy (non-hydrogen) atoms. The first kappa shape index (κ1) is 14.5. The molecule has 2 aromatic rings. The van der Waals surface area contributed by atoms with Crippen LogP contribution < -0.4 is 5.32 Å². The molecule has 2 rings (SSSR count). The third-order valence-corrected chi connectivity index (χ3v) is 2.87. The zero-order valence-electron chi connectivity index (χ0n) is 9.91. The average Bonchev–Trinajstić information content (AvgIpc) is 2.38. The highest BCUT2D eigenvalue weighted by atomic mass is 79.9. The fourth-order valence-corrected chi connectivity index (χ4v) is 1.90. The van der Waals surface area contributed by atoms with E-state index in [0.717, 1.165) is 6.07 Å². The number of hydrogen-bond acceptors (Lipinski definition) is 2. The maximum absolute atomic E-state index is 12.8. The van der Waals surface area contributed by atoms with E-state index in [2.05, 4.69) is 26.2 Å². The van der Waals surface area contributed by atoms with Crippen molar-refractivity contribution in [2.45, 2.75) is 6.18 Å². The van der Waals surface area contributed by atoms with Gasteiger partial charge in [-0.15, -0.1) is 0 Å². The van der Waals surface area contributed by atoms with Gasteiger partial charge in [0.05, 0.1) is 11.3 Å². The van der Waals surface area contributed by atoms with Crippen LogP contribution in [-0.4, -0.2) is 10.9 Å². The number of benzene rings is 1. The number of aromatic nitrogens is 1. The minimum atomic E-state index is -4.53. The molecule has 0 bridgehead atoms. The summed E-state index contributed by atoms with van der Waals surface area (Å²) in [6.45, 7) is 0. The van der Waals surface area contributed by atoms with Gasteiger partial charge in [-0.05, 0) is 40.2 Å². The smallest absolute Gasteiger partial charge is 0.320 e. The van der Waals surface area contributed by atoms with E-state index in [0.29, 0.717) is 4.60 Å². The zero-order valence-corrected chi connectivity index (χ0v) is 11.5. The summed E-state index contributed by atoms with van der Waals surface area (Å²) in [6, 6.07) is 9.37. The average molecular weight is 345 g/mol. The number of anilines is 1. The van der Waals surface area contributed by atoms with Gasteiger partial charge >= 0.3 is 6.18 Å². The van der Waals surface area contributed by atoms with Crippen LogP contribution in [0.15, 0.2) is 47.1 Å². The number of para-hydroxylation sites is 1. The molecule has 3 nitrogen and oxygen atoms in total. The van der Waals surface area contributed by atoms with Crippen LogP contribution in [0.25, 0.3) is 0 Å². The second kappa shape index (κ2) is 5.62. The molecule has 7 heteroatoms. The van der Waals surface area contributed by atoms with E-state index in [4.69, 9.17) is 0 Å². The van der Waals surface area contributed by atoms with Crippen LogP contribution in [0.3, 0.4) is 0 Å². The summed E-state index contributed by atoms with van der Waals surface area (Å²) in [4.78, 5) is 15.8. The second-order valence-electron chi connectivity index (χ2n) is 3.84. The lowest BCUT2D eigenvalue weighted by Gasteiger charge is -2.13. The van der Waals surface area contributed by atoms with E-state index < -0.39 is 17.6 Å². The van der Waals surface area contributed by atoms with E-state index in [1.165, 1.54) is 24.3 Å². The van der Waals surface area contributed by atoms with Crippen LogP contribution >= 0.6 is 15.9 Å². The van der Waals surface area contributed by atoms with Crippen LogP contribution in [0.4, 0.5) is 18.9 Å². The molecule has 0 aliphatic heterocycles. The molecular formula is C13H8BrF3N2O. The molecule has 0 spiro atoms. The summed E-state index contributed by atoms with van der Waals surface area (Å²) in [5.74, 6) is -0.706. The lowest BCUT2D eigenvalue weighted by molar-refractivity contribution is -0.136. The SMILES string of the molecule is O=C(Nc1ccccc1C(F)(F)F)c1cccc(Br)n1. The summed E-state index contributed by atoms with van der Waals surface area (Å²) in [6.07, 6.45) is -4.53. The van der Waals surface area contributed by atoms with E-state index in [1.54, 1.807) is 12.1 Å². The number of halogens is 4. The first-order chi connectivity index (χ1) is 9.38. The van der Waals surface area contributed by atoms with Gasteiger partial charge in [0.15, 0.2) is 0 Å². The van der Waals surface area contributed by atoms with Gasteiger partial charge in [-0.2, -0.15) is 13.2 Å². The van der Waals surface area contributed by atoms with Crippen LogP contribution in [-0.2, 0) is 6.18 Å². The third-order valence-electron chi connectivity index (χ3n) is 2.43. The van der Waals surface area contributed by atoms with Gasteiger partial charge in [0, 0.05) is 0 Å². The number of carbonyl (C=O) groups excluding carboxylic acids is 1. The van der Waals surface area contributed by atoms with Crippen molar-refractivity contribution in [3.63, 3.8) is 0 Å². The number of alkyl halides is 3. The van der Waals surface area contributed by atoms with Crippen molar-refractivity contribution in [3.8, 4) is 0 Å². The van der Waals surface area contributed by atoms with E-state index >= 15 is 0 Å². The molecule has 1 N–H and O–H groups in total. The van der Waals surface area contributed by atoms with Crippen LogP contribution in [0.1, 0.15) is 16.1 Å². The predicted octanol–water partition coefficient (Wildman–Crippen LogP) is 4.12. The quantitative estimate of drug-likeness (QED) is 0.833. The monoisotopic (exact) mass is 344 g/mol. The number of carbonyl (C=O) groups is 1. The summed E-state index contributed by atoms with van der Waals surface area (Å²) in [5, 5.41) is 2.22. The largest absolute Gasteiger partial charge is 0.418 e. The third kappa shape index (κ3) is 3.36. The fourth-order valence-electron chi connectivity index (χ4n) is 1.56. The van der Waals surface area contributed by atoms with Gasteiger partial charge in [0.1, 0.15) is 10.3 Å². The number of rotatable bonds is 2. The first-order valence-electron chi connectivity index (χ1n) is 5.48. The number of amides is 1. The fraction of sp³-hybridized carbons (Fsp3) is 0.0769. The van der Waals surface area contributed by atoms with Crippen molar-refractivity contribution in [2.75, 3.05) is 5.32 Å². The van der Waals surface area contributed by atoms with Crippen molar-refractivity contribution in [1.29, 1.82) is 0 Å². The molecule has 0 saturated carbocycles. The highest BCUT2D eigenvalue weighted by Crippen LogP contribution is 2.34. The van der Waals surface area contributed by atoms with Crippen molar-refractivity contribution < 1.29 is 18.0 Å². The van der Waals surface area contributed by atoms with Gasteiger partial charge in [-0.1, -0.05) is 18.2 Å². The summed E-state index contributed by atoms with van der Waals surface area (Å²) < 4.78 is 38.8. The van der Waals surface area contributed by atoms with Gasteiger partial charge in [-0.25, -0.2) is 4.98 Å². The van der Waals surface area contributed by atoms with Crippen molar-refractivity contribution >= 4 is 27.5 Å². The zero-order chi connectivity index (χ0) is 14.8. The number of nitrogens with zero attached hydrogens (tertiary/aromatic N) is 1. The Morgan fingerprint density at radius 1 is 1.10 bits per heavy atom. The first-order valence-corrected chi connectivity index (χ1v) is 6.27. The van der Waals surface area contributed by atoms with Crippen LogP contribution in [0.5, 0.6) is 0 Å². The standard InChI is InChI=1S/C13H8BrF3N2O/c14-11-7-3-6-10(18-11)12(20)19-9-5-2-1-4-8(9)13(15,16)17/h1-7H,(H,19,20). The highest BCUT2D eigenvalue weighted by Gasteiger charge is 2.33. The Morgan fingerprint density at radius 2 is 1.80 bits per heavy atom. The summed E-state index contributed by atoms with van der Waals surface area (Å²) in [7, 11) is 0. The topological polar surface area (TPSA) is 42.0 Å². The summed E-state index contributed by atoms with van der Waals surface area (Å²) >= 11 is 3.09. The predicted molar refractivity (Wildman–Crippen MR) is 71.3 cm³/mol. The Balaban J connectivity index is 2.29. The number of nitrogens with one attached hydrogen (secondary N) is 1. The molecule has 0 atom stereocenters. The summed E-state index contributed by atoms with van der Waals surface area (Å²) in [5.41, 5.74) is -1.17. The molecule has 1 aromatic heterocycles. The van der Waals surface area contributed by atoms with E-state index in [9.17, 15) is 18.0 Å². The molecule has 104 valence electrons. The van der Waals surface area contributed by atoms with E-state index in [-0.39, 0.29) is 11.4 Å². The molecule has 0 saturated heterocycles. The molecule has 0 fully saturated rings. The van der Waals surface area contributed by atoms with E-state index in [1.807, 2.05) is 0 Å². The Kier molecular flexibility index (Phi) is 4.08. The minimum Gasteiger partial charge on any atom is -0.320 e. The molecule has 0 aliphatic carbocycles. The van der Waals surface area contributed by atoms with Gasteiger partial charge in [0.2, 0.25) is 0 Å². The molecule has 0 unspecified atom stereocenters. The molecular weight excluding hydrogens is 337 g/mol. The number of pyridine rings is 1. The van der Waals surface area contributed by atoms with Gasteiger partial charge in [0.25, 0.3) is 5.91 Å². The van der Waals surface area contributed by atoms with Crippen LogP contribution in [0.2, 0.25) is 0 Å². The molecule has 1 amide bonds. The lowest BCUT2D eigenvalue weighted by Crippen LogP contribution is -2.17. The highest BCUT2D eigenvalue weighted by molar-refractivity contribution is 9.10. The Labute approximate surface area is 121 Å². The lowest BCUT2D eigenvalue weighted by atomic mass is 10.1. The molecule has 1 heterocycles. The van der Waals surface area contributed by atoms with Crippen molar-refractivity contribution in [2.24, 2.45) is 0 Å². The minimum absolute atomic E-state index is 0.0244. The molecule has 0 radical (unpaired) electrons. The maximum atomic E-state index is 12.8. The Hall–Kier alpha value is -1.89. The Bertz CT molecular complexity index is 644. The Morgan fingerprint density at radius 3 is 2.45 bits per heavy atom. The van der Waals surface area contributed by atoms with Crippen molar-refractivity contribution in [3.05, 3.63) is 58.3 Å². The van der Waals surface area contributed by atoms with Crippen molar-refractivity contribution in [1.82, 2.24) is 4.98 Å². The van der Waals surface area contributed by atoms with Gasteiger partial charge in [-0.3, -0.25) is 4.79 Å². The maximum Gasteiger partial charge on any atom is 0.418 e. The molecule has 0 aliphatic rings.